The Hall–Kier alpha value is -1.68. The summed E-state index contributed by atoms with van der Waals surface area (Å²) in [5.74, 6) is 1.27. The number of hydrogen-bond acceptors (Lipinski definition) is 3. The Bertz CT molecular complexity index is 525. The van der Waals surface area contributed by atoms with E-state index in [9.17, 15) is 4.39 Å². The van der Waals surface area contributed by atoms with Gasteiger partial charge in [-0.15, -0.1) is 11.8 Å². The molecule has 94 valence electrons. The van der Waals surface area contributed by atoms with Crippen LogP contribution in [0.4, 0.5) is 10.1 Å². The van der Waals surface area contributed by atoms with Crippen molar-refractivity contribution in [2.24, 2.45) is 0 Å². The van der Waals surface area contributed by atoms with Gasteiger partial charge in [-0.05, 0) is 35.9 Å². The second-order valence-corrected chi connectivity index (χ2v) is 4.91. The molecule has 2 aromatic rings. The largest absolute Gasteiger partial charge is 0.497 e. The molecule has 0 aliphatic rings. The van der Waals surface area contributed by atoms with E-state index in [1.807, 2.05) is 24.3 Å². The first-order valence-electron chi connectivity index (χ1n) is 5.49. The molecule has 0 fully saturated rings. The van der Waals surface area contributed by atoms with Crippen LogP contribution in [0.15, 0.2) is 47.4 Å². The Morgan fingerprint density at radius 1 is 1.22 bits per heavy atom. The highest BCUT2D eigenvalue weighted by Crippen LogP contribution is 2.26. The molecular weight excluding hydrogens is 249 g/mol. The smallest absolute Gasteiger partial charge is 0.126 e. The van der Waals surface area contributed by atoms with Gasteiger partial charge in [-0.25, -0.2) is 4.39 Å². The molecule has 0 spiro atoms. The minimum atomic E-state index is -0.303. The fourth-order valence-corrected chi connectivity index (χ4v) is 2.52. The van der Waals surface area contributed by atoms with Gasteiger partial charge in [-0.1, -0.05) is 12.1 Å². The van der Waals surface area contributed by atoms with Crippen LogP contribution in [0.1, 0.15) is 5.56 Å². The van der Waals surface area contributed by atoms with Crippen LogP contribution in [-0.4, -0.2) is 7.11 Å². The molecule has 0 radical (unpaired) electrons. The molecule has 0 amide bonds. The van der Waals surface area contributed by atoms with E-state index in [-0.39, 0.29) is 5.82 Å². The topological polar surface area (TPSA) is 35.2 Å². The average Bonchev–Trinajstić information content (AvgIpc) is 2.35. The lowest BCUT2D eigenvalue weighted by Crippen LogP contribution is -1.88. The molecule has 2 rings (SSSR count). The molecule has 2 aromatic carbocycles. The Labute approximate surface area is 110 Å². The minimum absolute atomic E-state index is 0.303. The third kappa shape index (κ3) is 3.40. The molecule has 0 unspecified atom stereocenters. The van der Waals surface area contributed by atoms with Crippen molar-refractivity contribution in [3.8, 4) is 5.75 Å². The molecule has 0 atom stereocenters. The summed E-state index contributed by atoms with van der Waals surface area (Å²) < 4.78 is 18.3. The van der Waals surface area contributed by atoms with Crippen LogP contribution >= 0.6 is 11.8 Å². The number of hydrogen-bond donors (Lipinski definition) is 1. The van der Waals surface area contributed by atoms with Crippen molar-refractivity contribution < 1.29 is 9.13 Å². The molecule has 0 aromatic heterocycles. The number of ether oxygens (including phenoxy) is 1. The van der Waals surface area contributed by atoms with Crippen molar-refractivity contribution in [1.29, 1.82) is 0 Å². The number of nitrogens with two attached hydrogens (primary N) is 1. The maximum absolute atomic E-state index is 13.2. The van der Waals surface area contributed by atoms with E-state index >= 15 is 0 Å². The fraction of sp³-hybridized carbons (Fsp3) is 0.143. The summed E-state index contributed by atoms with van der Waals surface area (Å²) in [6.07, 6.45) is 0. The second-order valence-electron chi connectivity index (χ2n) is 3.86. The van der Waals surface area contributed by atoms with E-state index in [0.29, 0.717) is 5.69 Å². The summed E-state index contributed by atoms with van der Waals surface area (Å²) in [6.45, 7) is 0. The molecule has 18 heavy (non-hydrogen) atoms. The molecule has 4 heteroatoms. The second kappa shape index (κ2) is 5.78. The van der Waals surface area contributed by atoms with Gasteiger partial charge in [0.05, 0.1) is 7.11 Å². The maximum atomic E-state index is 13.2. The number of rotatable bonds is 4. The summed E-state index contributed by atoms with van der Waals surface area (Å²) >= 11 is 1.55. The summed E-state index contributed by atoms with van der Waals surface area (Å²) in [5.41, 5.74) is 7.18. The third-order valence-electron chi connectivity index (χ3n) is 2.43. The number of methoxy groups -OCH3 is 1. The molecule has 2 nitrogen and oxygen atoms in total. The molecule has 0 aliphatic heterocycles. The summed E-state index contributed by atoms with van der Waals surface area (Å²) in [6, 6.07) is 12.4. The number of thioether (sulfide) groups is 1. The minimum Gasteiger partial charge on any atom is -0.497 e. The fourth-order valence-electron chi connectivity index (χ4n) is 1.60. The number of benzene rings is 2. The molecule has 0 heterocycles. The Morgan fingerprint density at radius 3 is 2.78 bits per heavy atom. The summed E-state index contributed by atoms with van der Waals surface area (Å²) in [5, 5.41) is 0. The van der Waals surface area contributed by atoms with Crippen molar-refractivity contribution in [2.75, 3.05) is 12.8 Å². The van der Waals surface area contributed by atoms with E-state index in [1.165, 1.54) is 12.1 Å². The molecule has 0 bridgehead atoms. The highest BCUT2D eigenvalue weighted by Gasteiger charge is 2.01. The lowest BCUT2D eigenvalue weighted by Gasteiger charge is -2.05. The van der Waals surface area contributed by atoms with Gasteiger partial charge >= 0.3 is 0 Å². The lowest BCUT2D eigenvalue weighted by molar-refractivity contribution is 0.414. The van der Waals surface area contributed by atoms with Gasteiger partial charge in [0.15, 0.2) is 0 Å². The van der Waals surface area contributed by atoms with Crippen molar-refractivity contribution in [1.82, 2.24) is 0 Å². The zero-order valence-electron chi connectivity index (χ0n) is 10.0. The Kier molecular flexibility index (Phi) is 4.10. The Balaban J connectivity index is 2.06. The standard InChI is InChI=1S/C14H14FNOS/c1-17-13-4-2-3-10(5-13)9-18-14-7-11(15)6-12(16)8-14/h2-8H,9,16H2,1H3. The van der Waals surface area contributed by atoms with Gasteiger partial charge in [0.1, 0.15) is 11.6 Å². The maximum Gasteiger partial charge on any atom is 0.126 e. The monoisotopic (exact) mass is 263 g/mol. The predicted molar refractivity (Wildman–Crippen MR) is 73.4 cm³/mol. The Morgan fingerprint density at radius 2 is 2.06 bits per heavy atom. The van der Waals surface area contributed by atoms with E-state index in [4.69, 9.17) is 10.5 Å². The van der Waals surface area contributed by atoms with Gasteiger partial charge in [0.2, 0.25) is 0 Å². The highest BCUT2D eigenvalue weighted by molar-refractivity contribution is 7.98. The van der Waals surface area contributed by atoms with Crippen LogP contribution in [0.25, 0.3) is 0 Å². The van der Waals surface area contributed by atoms with Crippen molar-refractivity contribution in [3.05, 3.63) is 53.8 Å². The average molecular weight is 263 g/mol. The normalized spacial score (nSPS) is 10.3. The predicted octanol–water partition coefficient (Wildman–Crippen LogP) is 3.71. The van der Waals surface area contributed by atoms with E-state index in [2.05, 4.69) is 0 Å². The molecule has 0 saturated carbocycles. The van der Waals surface area contributed by atoms with Crippen molar-refractivity contribution in [3.63, 3.8) is 0 Å². The van der Waals surface area contributed by atoms with Gasteiger partial charge in [0.25, 0.3) is 0 Å². The van der Waals surface area contributed by atoms with E-state index in [0.717, 1.165) is 22.0 Å². The molecule has 0 saturated heterocycles. The van der Waals surface area contributed by atoms with Gasteiger partial charge in [-0.2, -0.15) is 0 Å². The van der Waals surface area contributed by atoms with Crippen molar-refractivity contribution in [2.45, 2.75) is 10.6 Å². The first-order valence-corrected chi connectivity index (χ1v) is 6.48. The van der Waals surface area contributed by atoms with Crippen LogP contribution in [0.5, 0.6) is 5.75 Å². The van der Waals surface area contributed by atoms with E-state index in [1.54, 1.807) is 24.9 Å². The number of nitrogen functional groups attached to an aromatic ring is 1. The number of anilines is 1. The third-order valence-corrected chi connectivity index (χ3v) is 3.48. The van der Waals surface area contributed by atoms with Gasteiger partial charge in [0, 0.05) is 16.3 Å². The lowest BCUT2D eigenvalue weighted by atomic mass is 10.2. The summed E-state index contributed by atoms with van der Waals surface area (Å²) in [4.78, 5) is 0.829. The first-order chi connectivity index (χ1) is 8.67. The van der Waals surface area contributed by atoms with Crippen LogP contribution in [0.3, 0.4) is 0 Å². The van der Waals surface area contributed by atoms with Gasteiger partial charge in [-0.3, -0.25) is 0 Å². The van der Waals surface area contributed by atoms with Crippen LogP contribution in [-0.2, 0) is 5.75 Å². The van der Waals surface area contributed by atoms with Crippen LogP contribution in [0.2, 0.25) is 0 Å². The van der Waals surface area contributed by atoms with Crippen LogP contribution in [0, 0.1) is 5.82 Å². The molecule has 0 aliphatic carbocycles. The van der Waals surface area contributed by atoms with Crippen molar-refractivity contribution >= 4 is 17.4 Å². The van der Waals surface area contributed by atoms with E-state index < -0.39 is 0 Å². The quantitative estimate of drug-likeness (QED) is 0.674. The van der Waals surface area contributed by atoms with Gasteiger partial charge < -0.3 is 10.5 Å². The zero-order chi connectivity index (χ0) is 13.0. The highest BCUT2D eigenvalue weighted by atomic mass is 32.2. The molecule has 2 N–H and O–H groups in total. The SMILES string of the molecule is COc1cccc(CSc2cc(N)cc(F)c2)c1. The first kappa shape index (κ1) is 12.8. The zero-order valence-corrected chi connectivity index (χ0v) is 10.8. The molecular formula is C14H14FNOS. The summed E-state index contributed by atoms with van der Waals surface area (Å²) in [7, 11) is 1.64. The number of halogens is 1. The van der Waals surface area contributed by atoms with Crippen LogP contribution < -0.4 is 10.5 Å².